The van der Waals surface area contributed by atoms with Gasteiger partial charge in [-0.1, -0.05) is 182 Å². The first-order valence-corrected chi connectivity index (χ1v) is 20.4. The maximum Gasteiger partial charge on any atom is 0.0576 e. The Morgan fingerprint density at radius 2 is 0.712 bits per heavy atom. The second kappa shape index (κ2) is 23.0. The number of benzene rings is 6. The third-order valence-corrected chi connectivity index (χ3v) is 13.3. The number of nitrogens with zero attached hydrogens (tertiary/aromatic N) is 2. The van der Waals surface area contributed by atoms with E-state index in [0.29, 0.717) is 12.1 Å². The molecular formula is C46H50FN2P2Rh-. The van der Waals surface area contributed by atoms with Crippen LogP contribution in [0.25, 0.3) is 0 Å². The Bertz CT molecular complexity index is 1520. The van der Waals surface area contributed by atoms with E-state index in [0.717, 1.165) is 0 Å². The van der Waals surface area contributed by atoms with Gasteiger partial charge in [-0.25, -0.2) is 0 Å². The van der Waals surface area contributed by atoms with Crippen LogP contribution in [0.2, 0.25) is 0 Å². The first kappa shape index (κ1) is 42.6. The predicted octanol–water partition coefficient (Wildman–Crippen LogP) is 5.32. The fraction of sp³-hybridized carbons (Fsp3) is 0.196. The summed E-state index contributed by atoms with van der Waals surface area (Å²) in [6, 6.07) is 65.8. The molecule has 0 spiro atoms. The van der Waals surface area contributed by atoms with Crippen molar-refractivity contribution in [2.24, 2.45) is 0 Å². The maximum absolute atomic E-state index is 3.42. The Morgan fingerprint density at radius 3 is 0.923 bits per heavy atom. The predicted molar refractivity (Wildman–Crippen MR) is 222 cm³/mol. The summed E-state index contributed by atoms with van der Waals surface area (Å²) in [6.07, 6.45) is 4.69. The molecule has 1 heterocycles. The van der Waals surface area contributed by atoms with Crippen LogP contribution in [-0.4, -0.2) is 41.0 Å². The Morgan fingerprint density at radius 1 is 0.462 bits per heavy atom. The number of hydrogen-bond acceptors (Lipinski definition) is 1. The maximum atomic E-state index is 3.42. The average Bonchev–Trinajstić information content (AvgIpc) is 3.18. The van der Waals surface area contributed by atoms with Crippen molar-refractivity contribution in [2.75, 3.05) is 13.1 Å². The van der Waals surface area contributed by atoms with Gasteiger partial charge in [-0.3, -0.25) is 0 Å². The summed E-state index contributed by atoms with van der Waals surface area (Å²) >= 11 is 0. The van der Waals surface area contributed by atoms with Gasteiger partial charge in [-0.15, -0.1) is 6.34 Å². The molecule has 6 heteroatoms. The van der Waals surface area contributed by atoms with E-state index in [1.807, 2.05) is 0 Å². The van der Waals surface area contributed by atoms with Gasteiger partial charge >= 0.3 is 0 Å². The second-order valence-corrected chi connectivity index (χ2v) is 17.2. The van der Waals surface area contributed by atoms with Gasteiger partial charge in [0.2, 0.25) is 0 Å². The molecule has 1 radical (unpaired) electrons. The molecule has 0 aliphatic carbocycles. The van der Waals surface area contributed by atoms with E-state index in [1.54, 1.807) is 0 Å². The summed E-state index contributed by atoms with van der Waals surface area (Å²) in [7, 11) is -0.892. The van der Waals surface area contributed by atoms with Gasteiger partial charge in [0.15, 0.2) is 0 Å². The third-order valence-electron chi connectivity index (χ3n) is 8.39. The zero-order valence-corrected chi connectivity index (χ0v) is 34.0. The van der Waals surface area contributed by atoms with Crippen molar-refractivity contribution in [3.63, 3.8) is 0 Å². The van der Waals surface area contributed by atoms with Crippen LogP contribution in [0, 0.1) is 0 Å². The largest absolute Gasteiger partial charge is 1.00 e. The van der Waals surface area contributed by atoms with Crippen molar-refractivity contribution in [3.05, 3.63) is 182 Å². The van der Waals surface area contributed by atoms with Crippen LogP contribution in [0.5, 0.6) is 0 Å². The molecule has 1 aliphatic heterocycles. The molecular weight excluding hydrogens is 764 g/mol. The molecule has 0 unspecified atom stereocenters. The van der Waals surface area contributed by atoms with Gasteiger partial charge in [-0.05, 0) is 75.4 Å². The first-order chi connectivity index (χ1) is 24.5. The van der Waals surface area contributed by atoms with E-state index >= 15 is 0 Å². The minimum absolute atomic E-state index is 0. The first-order valence-electron chi connectivity index (χ1n) is 17.7. The normalized spacial score (nSPS) is 12.1. The van der Waals surface area contributed by atoms with Gasteiger partial charge in [0.25, 0.3) is 0 Å². The topological polar surface area (TPSA) is 6.25 Å². The van der Waals surface area contributed by atoms with Crippen LogP contribution in [0.4, 0.5) is 0 Å². The average molecular weight is 815 g/mol. The molecule has 0 fully saturated rings. The molecule has 7 rings (SSSR count). The van der Waals surface area contributed by atoms with Crippen LogP contribution < -0.4 is 36.5 Å². The molecule has 271 valence electrons. The number of hydrogen-bond donors (Lipinski definition) is 0. The van der Waals surface area contributed by atoms with Gasteiger partial charge in [0.05, 0.1) is 25.2 Å². The molecule has 6 aromatic carbocycles. The molecule has 2 nitrogen and oxygen atoms in total. The van der Waals surface area contributed by atoms with Gasteiger partial charge in [-0.2, -0.15) is 0 Å². The van der Waals surface area contributed by atoms with E-state index in [-0.39, 0.29) is 24.2 Å². The zero-order valence-electron chi connectivity index (χ0n) is 30.6. The van der Waals surface area contributed by atoms with Crippen LogP contribution in [-0.2, 0) is 19.5 Å². The fourth-order valence-electron chi connectivity index (χ4n) is 5.78. The molecule has 0 saturated heterocycles. The SMILES string of the molecule is CC(C)N1[C-]=[N+](C(C)C)CCC1.[F-].[Rh].c1ccc(P(c2ccccc2)c2ccccc2)cc1.c1ccc(P(c2ccccc2)c2ccccc2)cc1. The second-order valence-electron chi connectivity index (χ2n) is 12.7. The summed E-state index contributed by atoms with van der Waals surface area (Å²) in [5.74, 6) is 0. The van der Waals surface area contributed by atoms with E-state index in [9.17, 15) is 0 Å². The Kier molecular flexibility index (Phi) is 18.8. The van der Waals surface area contributed by atoms with E-state index in [4.69, 9.17) is 0 Å². The van der Waals surface area contributed by atoms with Crippen LogP contribution >= 0.6 is 15.8 Å². The zero-order chi connectivity index (χ0) is 35.0. The third kappa shape index (κ3) is 12.7. The summed E-state index contributed by atoms with van der Waals surface area (Å²) in [4.78, 5) is 2.30. The van der Waals surface area contributed by atoms with E-state index in [2.05, 4.69) is 225 Å². The minimum atomic E-state index is -0.446. The van der Waals surface area contributed by atoms with E-state index < -0.39 is 15.8 Å². The Balaban J connectivity index is 0.000000212. The standard InChI is InChI=1S/2C18H15P.C10H20N2.FH.Rh/c2*1-4-10-16(11-5-1)19(17-12-6-2-7-13-17)18-14-8-3-9-15-18;1-9(2)11-6-5-7-12(8-11)10(3)4;;/h2*1-15H;9-10H,5-7H2,1-4H3;1H;/p-1. The van der Waals surface area contributed by atoms with Gasteiger partial charge in [0, 0.05) is 25.9 Å². The molecule has 0 amide bonds. The molecule has 0 saturated carbocycles. The van der Waals surface area contributed by atoms with Gasteiger partial charge in [0.1, 0.15) is 0 Å². The molecule has 0 atom stereocenters. The summed E-state index contributed by atoms with van der Waals surface area (Å²) in [5.41, 5.74) is 0. The summed E-state index contributed by atoms with van der Waals surface area (Å²) in [5, 5.41) is 8.39. The Hall–Kier alpha value is -3.80. The monoisotopic (exact) mass is 814 g/mol. The molecule has 0 aromatic heterocycles. The van der Waals surface area contributed by atoms with Crippen molar-refractivity contribution in [2.45, 2.75) is 46.2 Å². The number of halogens is 1. The molecule has 1 aliphatic rings. The molecule has 0 N–H and O–H groups in total. The van der Waals surface area contributed by atoms with Crippen molar-refractivity contribution >= 4 is 54.0 Å². The van der Waals surface area contributed by atoms with Crippen LogP contribution in [0.3, 0.4) is 0 Å². The summed E-state index contributed by atoms with van der Waals surface area (Å²) in [6.45, 7) is 11.2. The van der Waals surface area contributed by atoms with Crippen molar-refractivity contribution in [3.8, 4) is 0 Å². The Labute approximate surface area is 327 Å². The molecule has 6 aromatic rings. The van der Waals surface area contributed by atoms with E-state index in [1.165, 1.54) is 51.3 Å². The van der Waals surface area contributed by atoms with Crippen LogP contribution in [0.1, 0.15) is 34.1 Å². The summed E-state index contributed by atoms with van der Waals surface area (Å²) < 4.78 is 2.30. The van der Waals surface area contributed by atoms with Crippen molar-refractivity contribution < 1.29 is 28.8 Å². The number of rotatable bonds is 8. The quantitative estimate of drug-likeness (QED) is 0.0875. The minimum Gasteiger partial charge on any atom is -1.00 e. The van der Waals surface area contributed by atoms with Crippen molar-refractivity contribution in [1.82, 2.24) is 4.90 Å². The smallest absolute Gasteiger partial charge is 0.0576 e. The molecule has 52 heavy (non-hydrogen) atoms. The molecule has 0 bridgehead atoms. The fourth-order valence-corrected chi connectivity index (χ4v) is 10.4. The van der Waals surface area contributed by atoms with Gasteiger partial charge < -0.3 is 14.2 Å². The van der Waals surface area contributed by atoms with Crippen LogP contribution in [0.15, 0.2) is 182 Å². The van der Waals surface area contributed by atoms with Crippen molar-refractivity contribution in [1.29, 1.82) is 0 Å².